The minimum absolute atomic E-state index is 0.0788. The van der Waals surface area contributed by atoms with E-state index >= 15 is 0 Å². The van der Waals surface area contributed by atoms with Crippen LogP contribution in [0.25, 0.3) is 0 Å². The quantitative estimate of drug-likeness (QED) is 0.442. The first-order valence-corrected chi connectivity index (χ1v) is 9.83. The summed E-state index contributed by atoms with van der Waals surface area (Å²) in [7, 11) is -3.61. The minimum atomic E-state index is -3.61. The molecule has 0 radical (unpaired) electrons. The van der Waals surface area contributed by atoms with Crippen LogP contribution in [0, 0.1) is 0 Å². The lowest BCUT2D eigenvalue weighted by molar-refractivity contribution is 0.0730. The Hall–Kier alpha value is -2.55. The summed E-state index contributed by atoms with van der Waals surface area (Å²) in [5, 5.41) is 0. The van der Waals surface area contributed by atoms with Crippen LogP contribution in [0.4, 0.5) is 0 Å². The number of ketones is 1. The van der Waals surface area contributed by atoms with E-state index < -0.39 is 16.0 Å². The summed E-state index contributed by atoms with van der Waals surface area (Å²) < 4.78 is 36.9. The Labute approximate surface area is 157 Å². The third-order valence-corrected chi connectivity index (χ3v) is 6.08. The van der Waals surface area contributed by atoms with E-state index in [0.717, 1.165) is 0 Å². The molecule has 0 saturated carbocycles. The topological polar surface area (TPSA) is 90.0 Å². The number of benzene rings is 2. The van der Waals surface area contributed by atoms with Crippen molar-refractivity contribution in [2.45, 2.75) is 11.8 Å². The Kier molecular flexibility index (Phi) is 5.69. The van der Waals surface area contributed by atoms with Gasteiger partial charge in [-0.25, -0.2) is 13.2 Å². The van der Waals surface area contributed by atoms with Crippen molar-refractivity contribution in [1.29, 1.82) is 0 Å². The number of hydrogen-bond donors (Lipinski definition) is 0. The van der Waals surface area contributed by atoms with Crippen LogP contribution in [0.2, 0.25) is 0 Å². The molecule has 3 rings (SSSR count). The molecule has 0 aromatic heterocycles. The fraction of sp³-hybridized carbons (Fsp3) is 0.263. The molecule has 1 heterocycles. The van der Waals surface area contributed by atoms with Crippen molar-refractivity contribution in [3.63, 3.8) is 0 Å². The summed E-state index contributed by atoms with van der Waals surface area (Å²) in [5.41, 5.74) is 0.749. The second-order valence-electron chi connectivity index (χ2n) is 6.01. The van der Waals surface area contributed by atoms with Crippen molar-refractivity contribution in [2.75, 3.05) is 26.3 Å². The number of carbonyl (C=O) groups excluding carboxylic acids is 2. The van der Waals surface area contributed by atoms with Crippen LogP contribution in [0.3, 0.4) is 0 Å². The van der Waals surface area contributed by atoms with Gasteiger partial charge in [-0.1, -0.05) is 0 Å². The fourth-order valence-corrected chi connectivity index (χ4v) is 4.03. The van der Waals surface area contributed by atoms with E-state index in [4.69, 9.17) is 9.47 Å². The largest absolute Gasteiger partial charge is 0.423 e. The first kappa shape index (κ1) is 19.2. The van der Waals surface area contributed by atoms with Crippen molar-refractivity contribution < 1.29 is 27.5 Å². The van der Waals surface area contributed by atoms with E-state index in [1.807, 2.05) is 0 Å². The zero-order chi connectivity index (χ0) is 19.4. The van der Waals surface area contributed by atoms with Crippen LogP contribution < -0.4 is 4.74 Å². The maximum Gasteiger partial charge on any atom is 0.343 e. The van der Waals surface area contributed by atoms with Gasteiger partial charge in [0.05, 0.1) is 23.7 Å². The van der Waals surface area contributed by atoms with Gasteiger partial charge in [-0.2, -0.15) is 4.31 Å². The van der Waals surface area contributed by atoms with Crippen LogP contribution in [0.15, 0.2) is 53.4 Å². The van der Waals surface area contributed by atoms with Gasteiger partial charge in [0.25, 0.3) is 0 Å². The first-order chi connectivity index (χ1) is 12.9. The number of morpholine rings is 1. The van der Waals surface area contributed by atoms with E-state index in [1.165, 1.54) is 47.6 Å². The predicted octanol–water partition coefficient (Wildman–Crippen LogP) is 2.13. The SMILES string of the molecule is CC(=O)c1ccc(OC(=O)c2ccc(S(=O)(=O)N3CCOCC3)cc2)cc1. The van der Waals surface area contributed by atoms with E-state index in [9.17, 15) is 18.0 Å². The molecule has 142 valence electrons. The maximum absolute atomic E-state index is 12.6. The van der Waals surface area contributed by atoms with Crippen LogP contribution in [0.1, 0.15) is 27.6 Å². The minimum Gasteiger partial charge on any atom is -0.423 e. The highest BCUT2D eigenvalue weighted by atomic mass is 32.2. The molecule has 1 fully saturated rings. The van der Waals surface area contributed by atoms with Gasteiger partial charge in [0, 0.05) is 18.7 Å². The number of sulfonamides is 1. The van der Waals surface area contributed by atoms with Gasteiger partial charge in [-0.15, -0.1) is 0 Å². The summed E-state index contributed by atoms with van der Waals surface area (Å²) in [6.45, 7) is 2.80. The lowest BCUT2D eigenvalue weighted by atomic mass is 10.1. The van der Waals surface area contributed by atoms with Crippen LogP contribution in [-0.2, 0) is 14.8 Å². The Morgan fingerprint density at radius 3 is 2.04 bits per heavy atom. The standard InChI is InChI=1S/C19H19NO6S/c1-14(21)15-2-6-17(7-3-15)26-19(22)16-4-8-18(9-5-16)27(23,24)20-10-12-25-13-11-20/h2-9H,10-13H2,1H3. The molecule has 2 aromatic rings. The second kappa shape index (κ2) is 7.99. The smallest absolute Gasteiger partial charge is 0.343 e. The van der Waals surface area contributed by atoms with Crippen molar-refractivity contribution in [1.82, 2.24) is 4.31 Å². The Balaban J connectivity index is 1.70. The molecule has 1 aliphatic heterocycles. The number of rotatable bonds is 5. The fourth-order valence-electron chi connectivity index (χ4n) is 2.62. The highest BCUT2D eigenvalue weighted by Gasteiger charge is 2.26. The highest BCUT2D eigenvalue weighted by Crippen LogP contribution is 2.19. The average molecular weight is 389 g/mol. The Bertz CT molecular complexity index is 929. The molecule has 0 bridgehead atoms. The molecule has 0 aliphatic carbocycles. The molecule has 0 N–H and O–H groups in total. The number of carbonyl (C=O) groups is 2. The van der Waals surface area contributed by atoms with Gasteiger partial charge in [-0.05, 0) is 55.5 Å². The van der Waals surface area contributed by atoms with E-state index in [1.54, 1.807) is 12.1 Å². The molecule has 0 unspecified atom stereocenters. The van der Waals surface area contributed by atoms with Crippen LogP contribution in [0.5, 0.6) is 5.75 Å². The lowest BCUT2D eigenvalue weighted by Crippen LogP contribution is -2.40. The number of esters is 1. The molecule has 0 spiro atoms. The summed E-state index contributed by atoms with van der Waals surface area (Å²) in [4.78, 5) is 23.6. The van der Waals surface area contributed by atoms with Crippen molar-refractivity contribution >= 4 is 21.8 Å². The van der Waals surface area contributed by atoms with Gasteiger partial charge in [0.1, 0.15) is 5.75 Å². The van der Waals surface area contributed by atoms with Crippen LogP contribution in [-0.4, -0.2) is 50.8 Å². The Morgan fingerprint density at radius 1 is 0.926 bits per heavy atom. The molecule has 27 heavy (non-hydrogen) atoms. The van der Waals surface area contributed by atoms with Gasteiger partial charge in [0.15, 0.2) is 5.78 Å². The summed E-state index contributed by atoms with van der Waals surface area (Å²) in [6.07, 6.45) is 0. The molecule has 1 aliphatic rings. The number of ether oxygens (including phenoxy) is 2. The number of Topliss-reactive ketones (excluding diaryl/α,β-unsaturated/α-hetero) is 1. The van der Waals surface area contributed by atoms with Crippen molar-refractivity contribution in [2.24, 2.45) is 0 Å². The molecular weight excluding hydrogens is 370 g/mol. The average Bonchev–Trinajstić information content (AvgIpc) is 2.69. The zero-order valence-corrected chi connectivity index (χ0v) is 15.6. The molecule has 0 atom stereocenters. The first-order valence-electron chi connectivity index (χ1n) is 8.39. The lowest BCUT2D eigenvalue weighted by Gasteiger charge is -2.26. The number of hydrogen-bond acceptors (Lipinski definition) is 6. The molecule has 1 saturated heterocycles. The normalized spacial score (nSPS) is 15.3. The summed E-state index contributed by atoms with van der Waals surface area (Å²) in [5.74, 6) is -0.388. The second-order valence-corrected chi connectivity index (χ2v) is 7.95. The molecular formula is C19H19NO6S. The summed E-state index contributed by atoms with van der Waals surface area (Å²) in [6, 6.07) is 11.8. The zero-order valence-electron chi connectivity index (χ0n) is 14.8. The van der Waals surface area contributed by atoms with E-state index in [0.29, 0.717) is 37.6 Å². The maximum atomic E-state index is 12.6. The van der Waals surface area contributed by atoms with Gasteiger partial charge in [-0.3, -0.25) is 4.79 Å². The molecule has 0 amide bonds. The highest BCUT2D eigenvalue weighted by molar-refractivity contribution is 7.89. The third-order valence-electron chi connectivity index (χ3n) is 4.17. The molecule has 2 aromatic carbocycles. The van der Waals surface area contributed by atoms with Gasteiger partial charge in [0.2, 0.25) is 10.0 Å². The van der Waals surface area contributed by atoms with Crippen LogP contribution >= 0.6 is 0 Å². The van der Waals surface area contributed by atoms with Crippen molar-refractivity contribution in [3.8, 4) is 5.75 Å². The molecule has 8 heteroatoms. The van der Waals surface area contributed by atoms with Gasteiger partial charge >= 0.3 is 5.97 Å². The third kappa shape index (κ3) is 4.41. The van der Waals surface area contributed by atoms with Gasteiger partial charge < -0.3 is 9.47 Å². The Morgan fingerprint density at radius 2 is 1.48 bits per heavy atom. The van der Waals surface area contributed by atoms with E-state index in [2.05, 4.69) is 0 Å². The predicted molar refractivity (Wildman–Crippen MR) is 97.4 cm³/mol. The number of nitrogens with zero attached hydrogens (tertiary/aromatic N) is 1. The van der Waals surface area contributed by atoms with Crippen molar-refractivity contribution in [3.05, 3.63) is 59.7 Å². The summed E-state index contributed by atoms with van der Waals surface area (Å²) >= 11 is 0. The monoisotopic (exact) mass is 389 g/mol. The molecule has 7 nitrogen and oxygen atoms in total. The van der Waals surface area contributed by atoms with E-state index in [-0.39, 0.29) is 16.2 Å².